The van der Waals surface area contributed by atoms with E-state index in [1.54, 1.807) is 0 Å². The van der Waals surface area contributed by atoms with Crippen molar-refractivity contribution < 1.29 is 32.9 Å². The second-order valence-corrected chi connectivity index (χ2v) is 24.2. The number of carbonyl (C=O) groups excluding carboxylic acids is 1. The maximum atomic E-state index is 13.0. The summed E-state index contributed by atoms with van der Waals surface area (Å²) >= 11 is 0. The van der Waals surface area contributed by atoms with E-state index in [4.69, 9.17) is 9.05 Å². The summed E-state index contributed by atoms with van der Waals surface area (Å²) < 4.78 is 23.5. The predicted octanol–water partition coefficient (Wildman–Crippen LogP) is 18.4. The first kappa shape index (κ1) is 69.2. The van der Waals surface area contributed by atoms with Gasteiger partial charge in [-0.15, -0.1) is 0 Å². The van der Waals surface area contributed by atoms with Crippen molar-refractivity contribution >= 4 is 13.7 Å². The molecule has 3 atom stereocenters. The van der Waals surface area contributed by atoms with Crippen molar-refractivity contribution in [3.05, 3.63) is 12.2 Å². The zero-order valence-corrected chi connectivity index (χ0v) is 48.6. The number of unbranched alkanes of at least 4 members (excludes halogenated alkanes) is 43. The number of likely N-dealkylation sites (N-methyl/N-ethyl adjacent to an activating group) is 1. The zero-order valence-electron chi connectivity index (χ0n) is 47.8. The summed E-state index contributed by atoms with van der Waals surface area (Å²) in [7, 11) is 1.32. The predicted molar refractivity (Wildman–Crippen MR) is 302 cm³/mol. The molecule has 0 saturated heterocycles. The number of nitrogens with one attached hydrogen (secondary N) is 1. The van der Waals surface area contributed by atoms with Gasteiger partial charge in [0.25, 0.3) is 7.82 Å². The van der Waals surface area contributed by atoms with Crippen LogP contribution in [0, 0.1) is 0 Å². The van der Waals surface area contributed by atoms with E-state index in [-0.39, 0.29) is 19.1 Å². The highest BCUT2D eigenvalue weighted by molar-refractivity contribution is 7.45. The summed E-state index contributed by atoms with van der Waals surface area (Å²) in [5, 5.41) is 14.1. The second kappa shape index (κ2) is 53.1. The number of nitrogens with zero attached hydrogens (tertiary/aromatic N) is 1. The summed E-state index contributed by atoms with van der Waals surface area (Å²) in [6, 6.07) is -0.800. The highest BCUT2D eigenvalue weighted by atomic mass is 31.2. The third kappa shape index (κ3) is 55.0. The van der Waals surface area contributed by atoms with E-state index < -0.39 is 20.0 Å². The maximum absolute atomic E-state index is 13.0. The topological polar surface area (TPSA) is 108 Å². The normalized spacial score (nSPS) is 13.9. The Morgan fingerprint density at radius 3 is 1.11 bits per heavy atom. The van der Waals surface area contributed by atoms with Crippen molar-refractivity contribution in [3.63, 3.8) is 0 Å². The largest absolute Gasteiger partial charge is 0.756 e. The summed E-state index contributed by atoms with van der Waals surface area (Å²) in [4.78, 5) is 25.6. The number of allylic oxidation sites excluding steroid dienone is 2. The average molecular weight is 1010 g/mol. The number of rotatable bonds is 58. The van der Waals surface area contributed by atoms with Crippen molar-refractivity contribution in [2.45, 2.75) is 334 Å². The fourth-order valence-corrected chi connectivity index (χ4v) is 10.4. The second-order valence-electron chi connectivity index (χ2n) is 22.8. The summed E-state index contributed by atoms with van der Waals surface area (Å²) in [5.74, 6) is -0.161. The molecule has 0 bridgehead atoms. The van der Waals surface area contributed by atoms with Crippen molar-refractivity contribution in [2.24, 2.45) is 0 Å². The SMILES string of the molecule is CCCCCCCCCCCCCC/C=C\CCCCCCCCCCC(=O)NC(COP(=O)([O-])OCC[N+](C)(C)C)C(O)CCCCCCCCCCCCCCCCCCCCCCCCCC. The molecule has 0 aliphatic heterocycles. The molecule has 0 saturated carbocycles. The Labute approximate surface area is 437 Å². The van der Waals surface area contributed by atoms with Gasteiger partial charge in [0.2, 0.25) is 5.91 Å². The molecule has 9 heteroatoms. The number of quaternary nitrogens is 1. The Kier molecular flexibility index (Phi) is 52.5. The van der Waals surface area contributed by atoms with E-state index in [2.05, 4.69) is 31.3 Å². The third-order valence-corrected chi connectivity index (χ3v) is 15.5. The first-order valence-corrected chi connectivity index (χ1v) is 32.5. The number of hydrogen-bond acceptors (Lipinski definition) is 6. The number of hydrogen-bond donors (Lipinski definition) is 2. The lowest BCUT2D eigenvalue weighted by Gasteiger charge is -2.30. The highest BCUT2D eigenvalue weighted by Crippen LogP contribution is 2.38. The monoisotopic (exact) mass is 1010 g/mol. The van der Waals surface area contributed by atoms with E-state index in [1.165, 1.54) is 257 Å². The van der Waals surface area contributed by atoms with Gasteiger partial charge < -0.3 is 28.8 Å². The van der Waals surface area contributed by atoms with E-state index in [0.717, 1.165) is 38.5 Å². The van der Waals surface area contributed by atoms with Crippen molar-refractivity contribution in [1.29, 1.82) is 0 Å². The van der Waals surface area contributed by atoms with Crippen LogP contribution < -0.4 is 10.2 Å². The Bertz CT molecular complexity index is 1150. The molecule has 70 heavy (non-hydrogen) atoms. The van der Waals surface area contributed by atoms with Gasteiger partial charge in [0, 0.05) is 6.42 Å². The minimum atomic E-state index is -4.57. The number of carbonyl (C=O) groups is 1. The number of amides is 1. The van der Waals surface area contributed by atoms with Gasteiger partial charge in [-0.3, -0.25) is 9.36 Å². The van der Waals surface area contributed by atoms with Crippen LogP contribution in [0.2, 0.25) is 0 Å². The van der Waals surface area contributed by atoms with Crippen molar-refractivity contribution in [2.75, 3.05) is 40.9 Å². The smallest absolute Gasteiger partial charge is 0.268 e. The van der Waals surface area contributed by atoms with Crippen LogP contribution in [0.15, 0.2) is 12.2 Å². The highest BCUT2D eigenvalue weighted by Gasteiger charge is 2.24. The van der Waals surface area contributed by atoms with Crippen molar-refractivity contribution in [3.8, 4) is 0 Å². The molecule has 0 aliphatic rings. The Morgan fingerprint density at radius 1 is 0.486 bits per heavy atom. The Balaban J connectivity index is 4.11. The molecule has 8 nitrogen and oxygen atoms in total. The molecule has 0 radical (unpaired) electrons. The van der Waals surface area contributed by atoms with Crippen LogP contribution in [0.3, 0.4) is 0 Å². The molecular formula is C61H123N2O6P. The van der Waals surface area contributed by atoms with Crippen LogP contribution in [-0.2, 0) is 18.4 Å². The van der Waals surface area contributed by atoms with Crippen LogP contribution in [0.1, 0.15) is 322 Å². The fourth-order valence-electron chi connectivity index (χ4n) is 9.63. The van der Waals surface area contributed by atoms with E-state index in [9.17, 15) is 19.4 Å². The molecule has 0 aliphatic carbocycles. The summed E-state index contributed by atoms with van der Waals surface area (Å²) in [6.45, 7) is 4.78. The van der Waals surface area contributed by atoms with Gasteiger partial charge in [0.15, 0.2) is 0 Å². The molecule has 0 heterocycles. The molecule has 418 valence electrons. The van der Waals surface area contributed by atoms with Gasteiger partial charge in [-0.2, -0.15) is 0 Å². The standard InChI is InChI=1S/C61H123N2O6P/c1-6-8-10-12-14-16-18-20-22-24-26-28-30-32-34-36-38-40-42-44-46-48-50-52-54-60(64)59(58-69-70(66,67)68-57-56-63(3,4)5)62-61(65)55-53-51-49-47-45-43-41-39-37-35-33-31-29-27-25-23-21-19-17-15-13-11-9-7-2/h33,35,59-60,64H,6-32,34,36-58H2,1-5H3,(H-,62,65,66,67)/b35-33-. The minimum absolute atomic E-state index is 0.0142. The molecule has 0 rings (SSSR count). The molecule has 0 fully saturated rings. The molecular weight excluding hydrogens is 888 g/mol. The lowest BCUT2D eigenvalue weighted by atomic mass is 10.0. The van der Waals surface area contributed by atoms with Crippen LogP contribution in [-0.4, -0.2) is 68.5 Å². The average Bonchev–Trinajstić information content (AvgIpc) is 3.32. The zero-order chi connectivity index (χ0) is 51.3. The Hall–Kier alpha value is -0.760. The number of aliphatic hydroxyl groups is 1. The van der Waals surface area contributed by atoms with E-state index in [1.807, 2.05) is 21.1 Å². The summed E-state index contributed by atoms with van der Waals surface area (Å²) in [5.41, 5.74) is 0. The van der Waals surface area contributed by atoms with Crippen LogP contribution in [0.5, 0.6) is 0 Å². The van der Waals surface area contributed by atoms with Crippen LogP contribution in [0.4, 0.5) is 0 Å². The molecule has 0 aromatic heterocycles. The quantitative estimate of drug-likeness (QED) is 0.0272. The maximum Gasteiger partial charge on any atom is 0.268 e. The lowest BCUT2D eigenvalue weighted by Crippen LogP contribution is -2.46. The van der Waals surface area contributed by atoms with Gasteiger partial charge in [0.1, 0.15) is 13.2 Å². The van der Waals surface area contributed by atoms with Gasteiger partial charge in [-0.05, 0) is 38.5 Å². The van der Waals surface area contributed by atoms with Gasteiger partial charge >= 0.3 is 0 Å². The van der Waals surface area contributed by atoms with Gasteiger partial charge in [-0.25, -0.2) is 0 Å². The molecule has 0 spiro atoms. The minimum Gasteiger partial charge on any atom is -0.756 e. The number of phosphoric ester groups is 1. The van der Waals surface area contributed by atoms with Gasteiger partial charge in [0.05, 0.1) is 39.9 Å². The molecule has 0 aromatic rings. The molecule has 3 unspecified atom stereocenters. The Morgan fingerprint density at radius 2 is 0.786 bits per heavy atom. The molecule has 2 N–H and O–H groups in total. The lowest BCUT2D eigenvalue weighted by molar-refractivity contribution is -0.870. The first-order valence-electron chi connectivity index (χ1n) is 31.0. The van der Waals surface area contributed by atoms with E-state index >= 15 is 0 Å². The molecule has 1 amide bonds. The first-order chi connectivity index (χ1) is 34.0. The number of phosphoric acid groups is 1. The third-order valence-electron chi connectivity index (χ3n) is 14.5. The van der Waals surface area contributed by atoms with Gasteiger partial charge in [-0.1, -0.05) is 289 Å². The number of aliphatic hydroxyl groups excluding tert-OH is 1. The summed E-state index contributed by atoms with van der Waals surface area (Å²) in [6.07, 6.45) is 65.4. The fraction of sp³-hybridized carbons (Fsp3) is 0.951. The molecule has 0 aromatic carbocycles. The van der Waals surface area contributed by atoms with Crippen LogP contribution >= 0.6 is 7.82 Å². The van der Waals surface area contributed by atoms with E-state index in [0.29, 0.717) is 23.9 Å². The van der Waals surface area contributed by atoms with Crippen LogP contribution in [0.25, 0.3) is 0 Å². The van der Waals surface area contributed by atoms with Crippen molar-refractivity contribution in [1.82, 2.24) is 5.32 Å².